The second-order valence-corrected chi connectivity index (χ2v) is 1.32. The highest BCUT2D eigenvalue weighted by Gasteiger charge is 2.00. The van der Waals surface area contributed by atoms with Crippen LogP contribution in [0, 0.1) is 0 Å². The van der Waals surface area contributed by atoms with Gasteiger partial charge in [0.15, 0.2) is 0 Å². The fraction of sp³-hybridized carbons (Fsp3) is 0. The number of carboxylic acid groups (broad SMARTS) is 1. The standard InChI is InChI=1S/C3H7N5O2/c4-1(2(9)10)7-8-3(5)6/h(H2,4,7)(H,9,10)(H4,5,6,8). The van der Waals surface area contributed by atoms with Crippen molar-refractivity contribution in [1.29, 1.82) is 0 Å². The summed E-state index contributed by atoms with van der Waals surface area (Å²) in [6.07, 6.45) is 0. The first-order valence-electron chi connectivity index (χ1n) is 2.19. The molecule has 0 radical (unpaired) electrons. The van der Waals surface area contributed by atoms with Gasteiger partial charge in [0.05, 0.1) is 0 Å². The van der Waals surface area contributed by atoms with Crippen LogP contribution in [0.25, 0.3) is 0 Å². The number of hydrogen-bond acceptors (Lipinski definition) is 3. The van der Waals surface area contributed by atoms with Crippen LogP contribution in [0.5, 0.6) is 0 Å². The molecule has 0 unspecified atom stereocenters. The number of rotatable bonds is 1. The molecule has 0 aliphatic heterocycles. The Morgan fingerprint density at radius 2 is 1.70 bits per heavy atom. The van der Waals surface area contributed by atoms with Crippen LogP contribution >= 0.6 is 0 Å². The summed E-state index contributed by atoms with van der Waals surface area (Å²) >= 11 is 0. The first kappa shape index (κ1) is 8.21. The van der Waals surface area contributed by atoms with Crippen molar-refractivity contribution in [2.45, 2.75) is 0 Å². The van der Waals surface area contributed by atoms with Gasteiger partial charge in [-0.2, -0.15) is 0 Å². The molecule has 0 heterocycles. The van der Waals surface area contributed by atoms with E-state index in [1.807, 2.05) is 0 Å². The lowest BCUT2D eigenvalue weighted by atomic mass is 10.6. The third-order valence-electron chi connectivity index (χ3n) is 0.492. The van der Waals surface area contributed by atoms with Gasteiger partial charge in [0, 0.05) is 0 Å². The second-order valence-electron chi connectivity index (χ2n) is 1.32. The monoisotopic (exact) mass is 145 g/mol. The van der Waals surface area contributed by atoms with E-state index in [0.717, 1.165) is 0 Å². The summed E-state index contributed by atoms with van der Waals surface area (Å²) in [5.74, 6) is -2.37. The lowest BCUT2D eigenvalue weighted by Gasteiger charge is -1.87. The average Bonchev–Trinajstić information content (AvgIpc) is 1.82. The lowest BCUT2D eigenvalue weighted by Crippen LogP contribution is -2.25. The van der Waals surface area contributed by atoms with E-state index in [2.05, 4.69) is 10.2 Å². The molecule has 0 saturated carbocycles. The predicted octanol–water partition coefficient (Wildman–Crippen LogP) is -2.38. The van der Waals surface area contributed by atoms with Gasteiger partial charge in [-0.15, -0.1) is 10.2 Å². The highest BCUT2D eigenvalue weighted by molar-refractivity contribution is 6.33. The number of aliphatic carboxylic acids is 1. The normalized spacial score (nSPS) is 10.6. The Bertz CT molecular complexity index is 191. The van der Waals surface area contributed by atoms with Crippen molar-refractivity contribution < 1.29 is 9.90 Å². The quantitative estimate of drug-likeness (QED) is 0.185. The van der Waals surface area contributed by atoms with Crippen molar-refractivity contribution >= 4 is 17.8 Å². The molecule has 0 aromatic rings. The van der Waals surface area contributed by atoms with Crippen molar-refractivity contribution in [3.05, 3.63) is 0 Å². The van der Waals surface area contributed by atoms with E-state index in [-0.39, 0.29) is 5.96 Å². The number of carboxylic acids is 1. The molecule has 0 aromatic heterocycles. The topological polar surface area (TPSA) is 140 Å². The van der Waals surface area contributed by atoms with E-state index in [9.17, 15) is 4.79 Å². The molecule has 0 fully saturated rings. The van der Waals surface area contributed by atoms with Crippen LogP contribution in [-0.4, -0.2) is 22.9 Å². The summed E-state index contributed by atoms with van der Waals surface area (Å²) < 4.78 is 0. The largest absolute Gasteiger partial charge is 0.475 e. The number of amidine groups is 1. The van der Waals surface area contributed by atoms with Crippen LogP contribution in [0.1, 0.15) is 0 Å². The average molecular weight is 145 g/mol. The van der Waals surface area contributed by atoms with Gasteiger partial charge in [-0.25, -0.2) is 4.79 Å². The maximum absolute atomic E-state index is 9.91. The minimum Gasteiger partial charge on any atom is -0.475 e. The van der Waals surface area contributed by atoms with Gasteiger partial charge in [0.25, 0.3) is 0 Å². The molecule has 0 amide bonds. The highest BCUT2D eigenvalue weighted by Crippen LogP contribution is 1.71. The number of guanidine groups is 1. The zero-order chi connectivity index (χ0) is 8.15. The van der Waals surface area contributed by atoms with E-state index in [0.29, 0.717) is 0 Å². The molecule has 7 N–H and O–H groups in total. The number of nitrogens with two attached hydrogens (primary N) is 3. The van der Waals surface area contributed by atoms with Crippen LogP contribution in [0.2, 0.25) is 0 Å². The zero-order valence-electron chi connectivity index (χ0n) is 4.98. The highest BCUT2D eigenvalue weighted by atomic mass is 16.4. The predicted molar refractivity (Wildman–Crippen MR) is 35.1 cm³/mol. The molecule has 56 valence electrons. The SMILES string of the molecule is NC(N)=NN=C(N)C(=O)O. The Balaban J connectivity index is 4.19. The molecule has 0 atom stereocenters. The van der Waals surface area contributed by atoms with E-state index < -0.39 is 11.8 Å². The molecule has 10 heavy (non-hydrogen) atoms. The number of hydrogen-bond donors (Lipinski definition) is 4. The Morgan fingerprint density at radius 1 is 1.20 bits per heavy atom. The minimum absolute atomic E-state index is 0.343. The third-order valence-corrected chi connectivity index (χ3v) is 0.492. The fourth-order valence-corrected chi connectivity index (χ4v) is 0.154. The molecule has 0 aliphatic rings. The summed E-state index contributed by atoms with van der Waals surface area (Å²) in [5, 5.41) is 14.0. The van der Waals surface area contributed by atoms with Gasteiger partial charge in [-0.1, -0.05) is 0 Å². The van der Waals surface area contributed by atoms with Gasteiger partial charge in [0.2, 0.25) is 11.8 Å². The van der Waals surface area contributed by atoms with E-state index in [1.165, 1.54) is 0 Å². The van der Waals surface area contributed by atoms with Crippen LogP contribution < -0.4 is 17.2 Å². The van der Waals surface area contributed by atoms with Crippen molar-refractivity contribution in [2.75, 3.05) is 0 Å². The van der Waals surface area contributed by atoms with E-state index >= 15 is 0 Å². The zero-order valence-corrected chi connectivity index (χ0v) is 4.98. The summed E-state index contributed by atoms with van der Waals surface area (Å²) in [7, 11) is 0. The molecule has 0 bridgehead atoms. The number of nitrogens with zero attached hydrogens (tertiary/aromatic N) is 2. The molecule has 0 aromatic carbocycles. The molecule has 0 saturated heterocycles. The van der Waals surface area contributed by atoms with Crippen molar-refractivity contribution in [3.63, 3.8) is 0 Å². The van der Waals surface area contributed by atoms with Gasteiger partial charge in [-0.3, -0.25) is 0 Å². The summed E-state index contributed by atoms with van der Waals surface area (Å²) in [5.41, 5.74) is 14.4. The van der Waals surface area contributed by atoms with Crippen molar-refractivity contribution in [2.24, 2.45) is 27.4 Å². The fourth-order valence-electron chi connectivity index (χ4n) is 0.154. The Morgan fingerprint density at radius 3 is 2.00 bits per heavy atom. The Kier molecular flexibility index (Phi) is 2.69. The van der Waals surface area contributed by atoms with Gasteiger partial charge in [0.1, 0.15) is 0 Å². The van der Waals surface area contributed by atoms with E-state index in [4.69, 9.17) is 22.3 Å². The Hall–Kier alpha value is -1.79. The molecule has 0 spiro atoms. The molecular weight excluding hydrogens is 138 g/mol. The maximum Gasteiger partial charge on any atom is 0.373 e. The van der Waals surface area contributed by atoms with Crippen LogP contribution in [0.3, 0.4) is 0 Å². The number of carbonyl (C=O) groups is 1. The van der Waals surface area contributed by atoms with Gasteiger partial charge < -0.3 is 22.3 Å². The maximum atomic E-state index is 9.91. The molecule has 7 nitrogen and oxygen atoms in total. The summed E-state index contributed by atoms with van der Waals surface area (Å²) in [6.45, 7) is 0. The summed E-state index contributed by atoms with van der Waals surface area (Å²) in [6, 6.07) is 0. The smallest absolute Gasteiger partial charge is 0.373 e. The van der Waals surface area contributed by atoms with E-state index in [1.54, 1.807) is 0 Å². The minimum atomic E-state index is -1.37. The molecule has 7 heteroatoms. The lowest BCUT2D eigenvalue weighted by molar-refractivity contribution is -0.129. The molecular formula is C3H7N5O2. The van der Waals surface area contributed by atoms with Crippen molar-refractivity contribution in [3.8, 4) is 0 Å². The molecule has 0 aliphatic carbocycles. The van der Waals surface area contributed by atoms with Gasteiger partial charge >= 0.3 is 5.97 Å². The first-order valence-corrected chi connectivity index (χ1v) is 2.19. The van der Waals surface area contributed by atoms with Gasteiger partial charge in [-0.05, 0) is 0 Å². The second kappa shape index (κ2) is 3.28. The summed E-state index contributed by atoms with van der Waals surface area (Å²) in [4.78, 5) is 9.91. The van der Waals surface area contributed by atoms with Crippen LogP contribution in [-0.2, 0) is 4.79 Å². The third kappa shape index (κ3) is 3.24. The van der Waals surface area contributed by atoms with Crippen LogP contribution in [0.4, 0.5) is 0 Å². The first-order chi connectivity index (χ1) is 4.54. The Labute approximate surface area is 56.2 Å². The van der Waals surface area contributed by atoms with Crippen LogP contribution in [0.15, 0.2) is 10.2 Å². The van der Waals surface area contributed by atoms with Crippen molar-refractivity contribution in [1.82, 2.24) is 0 Å². The molecule has 0 rings (SSSR count).